The van der Waals surface area contributed by atoms with Crippen LogP contribution in [-0.2, 0) is 0 Å². The van der Waals surface area contributed by atoms with Crippen molar-refractivity contribution in [2.75, 3.05) is 0 Å². The Morgan fingerprint density at radius 1 is 0.929 bits per heavy atom. The van der Waals surface area contributed by atoms with Crippen molar-refractivity contribution in [3.63, 3.8) is 0 Å². The summed E-state index contributed by atoms with van der Waals surface area (Å²) in [5.74, 6) is 3.69. The molecule has 2 rings (SSSR count). The maximum atomic E-state index is 6.20. The second-order valence-electron chi connectivity index (χ2n) is 5.94. The molecule has 0 aromatic heterocycles. The summed E-state index contributed by atoms with van der Waals surface area (Å²) in [5.41, 5.74) is 6.20. The van der Waals surface area contributed by atoms with E-state index in [1.54, 1.807) is 0 Å². The lowest BCUT2D eigenvalue weighted by atomic mass is 9.70. The Morgan fingerprint density at radius 3 is 2.07 bits per heavy atom. The fourth-order valence-electron chi connectivity index (χ4n) is 3.96. The van der Waals surface area contributed by atoms with Crippen LogP contribution >= 0.6 is 0 Å². The van der Waals surface area contributed by atoms with Gasteiger partial charge in [-0.1, -0.05) is 20.3 Å². The van der Waals surface area contributed by atoms with E-state index in [4.69, 9.17) is 5.73 Å². The quantitative estimate of drug-likeness (QED) is 0.683. The van der Waals surface area contributed by atoms with Crippen molar-refractivity contribution in [1.29, 1.82) is 0 Å². The van der Waals surface area contributed by atoms with Crippen LogP contribution in [0.4, 0.5) is 0 Å². The summed E-state index contributed by atoms with van der Waals surface area (Å²) in [6.45, 7) is 4.84. The highest BCUT2D eigenvalue weighted by Crippen LogP contribution is 2.42. The lowest BCUT2D eigenvalue weighted by Crippen LogP contribution is -2.34. The third kappa shape index (κ3) is 2.13. The molecule has 2 N–H and O–H groups in total. The van der Waals surface area contributed by atoms with Gasteiger partial charge in [0.05, 0.1) is 0 Å². The Hall–Kier alpha value is -0.0400. The normalized spacial score (nSPS) is 49.5. The average molecular weight is 195 g/mol. The van der Waals surface area contributed by atoms with Crippen LogP contribution < -0.4 is 5.73 Å². The Bertz CT molecular complexity index is 180. The first kappa shape index (κ1) is 10.5. The van der Waals surface area contributed by atoms with Gasteiger partial charge in [0.15, 0.2) is 0 Å². The first-order chi connectivity index (χ1) is 6.66. The third-order valence-corrected chi connectivity index (χ3v) is 4.45. The Morgan fingerprint density at radius 2 is 1.57 bits per heavy atom. The summed E-state index contributed by atoms with van der Waals surface area (Å²) in [6.07, 6.45) is 8.41. The average Bonchev–Trinajstić information content (AvgIpc) is 2.49. The standard InChI is InChI=1S/C13H25N/c1-9-6-10(2)8-11(7-9)12-4-3-5-13(12)14/h9-13H,3-8,14H2,1-2H3. The molecule has 4 unspecified atom stereocenters. The minimum Gasteiger partial charge on any atom is -0.327 e. The molecule has 0 saturated heterocycles. The molecule has 0 spiro atoms. The molecule has 14 heavy (non-hydrogen) atoms. The molecule has 0 heterocycles. The van der Waals surface area contributed by atoms with Gasteiger partial charge in [0.1, 0.15) is 0 Å². The zero-order valence-corrected chi connectivity index (χ0v) is 9.71. The molecule has 4 atom stereocenters. The van der Waals surface area contributed by atoms with Crippen molar-refractivity contribution in [2.24, 2.45) is 29.4 Å². The highest BCUT2D eigenvalue weighted by molar-refractivity contribution is 4.88. The lowest BCUT2D eigenvalue weighted by Gasteiger charge is -2.36. The first-order valence-corrected chi connectivity index (χ1v) is 6.42. The Balaban J connectivity index is 1.95. The third-order valence-electron chi connectivity index (χ3n) is 4.45. The van der Waals surface area contributed by atoms with Gasteiger partial charge in [0.25, 0.3) is 0 Å². The number of hydrogen-bond donors (Lipinski definition) is 1. The monoisotopic (exact) mass is 195 g/mol. The SMILES string of the molecule is CC1CC(C)CC(C2CCCC2N)C1. The Kier molecular flexibility index (Phi) is 3.16. The molecule has 2 fully saturated rings. The highest BCUT2D eigenvalue weighted by atomic mass is 14.7. The molecule has 0 radical (unpaired) electrons. The number of nitrogens with two attached hydrogens (primary N) is 1. The molecule has 2 saturated carbocycles. The molecule has 1 nitrogen and oxygen atoms in total. The van der Waals surface area contributed by atoms with Gasteiger partial charge in [0.2, 0.25) is 0 Å². The second-order valence-corrected chi connectivity index (χ2v) is 5.94. The smallest absolute Gasteiger partial charge is 0.00698 e. The van der Waals surface area contributed by atoms with E-state index in [9.17, 15) is 0 Å². The van der Waals surface area contributed by atoms with Gasteiger partial charge in [-0.05, 0) is 55.8 Å². The van der Waals surface area contributed by atoms with Crippen LogP contribution in [0.15, 0.2) is 0 Å². The fraction of sp³-hybridized carbons (Fsp3) is 1.00. The van der Waals surface area contributed by atoms with Crippen LogP contribution in [0.1, 0.15) is 52.4 Å². The van der Waals surface area contributed by atoms with E-state index >= 15 is 0 Å². The summed E-state index contributed by atoms with van der Waals surface area (Å²) < 4.78 is 0. The fourth-order valence-corrected chi connectivity index (χ4v) is 3.96. The predicted octanol–water partition coefficient (Wildman–Crippen LogP) is 3.19. The van der Waals surface area contributed by atoms with Crippen LogP contribution in [0.3, 0.4) is 0 Å². The van der Waals surface area contributed by atoms with E-state index in [1.807, 2.05) is 0 Å². The van der Waals surface area contributed by atoms with Gasteiger partial charge in [0, 0.05) is 6.04 Å². The van der Waals surface area contributed by atoms with Gasteiger partial charge >= 0.3 is 0 Å². The van der Waals surface area contributed by atoms with Gasteiger partial charge in [-0.25, -0.2) is 0 Å². The molecule has 0 aliphatic heterocycles. The summed E-state index contributed by atoms with van der Waals surface area (Å²) >= 11 is 0. The molecular weight excluding hydrogens is 170 g/mol. The van der Waals surface area contributed by atoms with Crippen LogP contribution in [0, 0.1) is 23.7 Å². The van der Waals surface area contributed by atoms with Crippen LogP contribution in [-0.4, -0.2) is 6.04 Å². The summed E-state index contributed by atoms with van der Waals surface area (Å²) in [4.78, 5) is 0. The van der Waals surface area contributed by atoms with E-state index in [0.717, 1.165) is 23.7 Å². The van der Waals surface area contributed by atoms with Crippen molar-refractivity contribution in [3.05, 3.63) is 0 Å². The minimum absolute atomic E-state index is 0.525. The molecule has 2 aliphatic carbocycles. The van der Waals surface area contributed by atoms with Crippen molar-refractivity contribution >= 4 is 0 Å². The van der Waals surface area contributed by atoms with Crippen molar-refractivity contribution < 1.29 is 0 Å². The highest BCUT2D eigenvalue weighted by Gasteiger charge is 2.35. The van der Waals surface area contributed by atoms with Gasteiger partial charge in [-0.15, -0.1) is 0 Å². The molecule has 0 aromatic carbocycles. The van der Waals surface area contributed by atoms with Crippen LogP contribution in [0.25, 0.3) is 0 Å². The molecule has 0 amide bonds. The van der Waals surface area contributed by atoms with E-state index in [2.05, 4.69) is 13.8 Å². The zero-order chi connectivity index (χ0) is 10.1. The maximum absolute atomic E-state index is 6.20. The van der Waals surface area contributed by atoms with E-state index in [1.165, 1.54) is 38.5 Å². The molecule has 82 valence electrons. The summed E-state index contributed by atoms with van der Waals surface area (Å²) in [6, 6.07) is 0.525. The molecular formula is C13H25N. The zero-order valence-electron chi connectivity index (χ0n) is 9.71. The molecule has 0 bridgehead atoms. The van der Waals surface area contributed by atoms with Crippen LogP contribution in [0.5, 0.6) is 0 Å². The van der Waals surface area contributed by atoms with Crippen LogP contribution in [0.2, 0.25) is 0 Å². The lowest BCUT2D eigenvalue weighted by molar-refractivity contribution is 0.153. The predicted molar refractivity (Wildman–Crippen MR) is 61.0 cm³/mol. The van der Waals surface area contributed by atoms with Crippen molar-refractivity contribution in [3.8, 4) is 0 Å². The van der Waals surface area contributed by atoms with E-state index < -0.39 is 0 Å². The van der Waals surface area contributed by atoms with Gasteiger partial charge < -0.3 is 5.73 Å². The minimum atomic E-state index is 0.525. The summed E-state index contributed by atoms with van der Waals surface area (Å²) in [7, 11) is 0. The van der Waals surface area contributed by atoms with Crippen molar-refractivity contribution in [1.82, 2.24) is 0 Å². The van der Waals surface area contributed by atoms with Gasteiger partial charge in [-0.2, -0.15) is 0 Å². The topological polar surface area (TPSA) is 26.0 Å². The maximum Gasteiger partial charge on any atom is 0.00698 e. The second kappa shape index (κ2) is 4.22. The van der Waals surface area contributed by atoms with E-state index in [0.29, 0.717) is 6.04 Å². The first-order valence-electron chi connectivity index (χ1n) is 6.42. The molecule has 0 aromatic rings. The molecule has 1 heteroatoms. The Labute approximate surface area is 88.4 Å². The largest absolute Gasteiger partial charge is 0.327 e. The van der Waals surface area contributed by atoms with Crippen molar-refractivity contribution in [2.45, 2.75) is 58.4 Å². The number of rotatable bonds is 1. The van der Waals surface area contributed by atoms with E-state index in [-0.39, 0.29) is 0 Å². The summed E-state index contributed by atoms with van der Waals surface area (Å²) in [5, 5.41) is 0. The number of hydrogen-bond acceptors (Lipinski definition) is 1. The van der Waals surface area contributed by atoms with Gasteiger partial charge in [-0.3, -0.25) is 0 Å². The molecule has 2 aliphatic rings.